The van der Waals surface area contributed by atoms with Crippen LogP contribution >= 0.6 is 0 Å². The minimum atomic E-state index is -1.01. The highest BCUT2D eigenvalue weighted by molar-refractivity contribution is 6.03. The van der Waals surface area contributed by atoms with Gasteiger partial charge < -0.3 is 9.94 Å². The molecule has 1 heterocycles. The van der Waals surface area contributed by atoms with E-state index in [0.29, 0.717) is 11.3 Å². The van der Waals surface area contributed by atoms with Crippen LogP contribution in [0.5, 0.6) is 0 Å². The van der Waals surface area contributed by atoms with Crippen molar-refractivity contribution in [3.8, 4) is 0 Å². The third-order valence-electron chi connectivity index (χ3n) is 5.00. The molecule has 3 aromatic rings. The normalized spacial score (nSPS) is 19.5. The molecule has 1 N–H and O–H groups in total. The quantitative estimate of drug-likeness (QED) is 0.648. The fourth-order valence-corrected chi connectivity index (χ4v) is 3.58. The molecule has 4 nitrogen and oxygen atoms in total. The van der Waals surface area contributed by atoms with Crippen molar-refractivity contribution in [1.29, 1.82) is 0 Å². The number of carbonyl (C=O) groups excluding carboxylic acids is 1. The van der Waals surface area contributed by atoms with Crippen LogP contribution in [0.1, 0.15) is 39.9 Å². The molecule has 1 aliphatic rings. The zero-order valence-corrected chi connectivity index (χ0v) is 15.3. The third kappa shape index (κ3) is 3.73. The maximum Gasteiger partial charge on any atom is 0.165 e. The maximum atomic E-state index is 12.6. The highest BCUT2D eigenvalue weighted by Crippen LogP contribution is 2.41. The van der Waals surface area contributed by atoms with E-state index in [1.165, 1.54) is 0 Å². The van der Waals surface area contributed by atoms with E-state index in [0.717, 1.165) is 11.1 Å². The van der Waals surface area contributed by atoms with Gasteiger partial charge in [-0.1, -0.05) is 96.2 Å². The Labute approximate surface area is 164 Å². The van der Waals surface area contributed by atoms with Gasteiger partial charge in [0.15, 0.2) is 11.9 Å². The van der Waals surface area contributed by atoms with Crippen LogP contribution in [0, 0.1) is 0 Å². The van der Waals surface area contributed by atoms with Crippen molar-refractivity contribution in [1.82, 2.24) is 0 Å². The predicted octanol–water partition coefficient (Wildman–Crippen LogP) is 4.53. The second kappa shape index (κ2) is 8.19. The molecule has 1 aliphatic heterocycles. The number of benzene rings is 3. The maximum absolute atomic E-state index is 12.6. The van der Waals surface area contributed by atoms with Crippen LogP contribution in [-0.2, 0) is 4.84 Å². The Morgan fingerprint density at radius 2 is 1.39 bits per heavy atom. The molecule has 0 unspecified atom stereocenters. The number of aliphatic hydroxyl groups excluding tert-OH is 1. The van der Waals surface area contributed by atoms with Gasteiger partial charge in [-0.2, -0.15) is 0 Å². The Kier molecular flexibility index (Phi) is 5.31. The monoisotopic (exact) mass is 371 g/mol. The molecule has 4 heteroatoms. The molecular weight excluding hydrogens is 350 g/mol. The lowest BCUT2D eigenvalue weighted by atomic mass is 9.83. The number of carbonyl (C=O) groups is 1. The number of ketones is 1. The van der Waals surface area contributed by atoms with Gasteiger partial charge in [-0.3, -0.25) is 4.79 Å². The first-order valence-corrected chi connectivity index (χ1v) is 9.34. The van der Waals surface area contributed by atoms with Crippen LogP contribution in [-0.4, -0.2) is 22.7 Å². The Balaban J connectivity index is 1.61. The zero-order valence-electron chi connectivity index (χ0n) is 15.3. The van der Waals surface area contributed by atoms with Crippen molar-refractivity contribution >= 4 is 11.5 Å². The highest BCUT2D eigenvalue weighted by atomic mass is 16.6. The lowest BCUT2D eigenvalue weighted by Gasteiger charge is -2.21. The van der Waals surface area contributed by atoms with E-state index in [1.807, 2.05) is 78.9 Å². The van der Waals surface area contributed by atoms with Crippen LogP contribution in [0.2, 0.25) is 0 Å². The number of nitrogens with zero attached hydrogens (tertiary/aromatic N) is 1. The van der Waals surface area contributed by atoms with Gasteiger partial charge in [0.2, 0.25) is 0 Å². The van der Waals surface area contributed by atoms with Crippen LogP contribution in [0.3, 0.4) is 0 Å². The van der Waals surface area contributed by atoms with Crippen molar-refractivity contribution in [3.63, 3.8) is 0 Å². The molecule has 0 spiro atoms. The van der Waals surface area contributed by atoms with E-state index in [2.05, 4.69) is 5.16 Å². The minimum Gasteiger partial charge on any atom is -0.387 e. The van der Waals surface area contributed by atoms with Crippen molar-refractivity contribution in [3.05, 3.63) is 108 Å². The molecule has 0 bridgehead atoms. The molecule has 140 valence electrons. The van der Waals surface area contributed by atoms with Gasteiger partial charge in [0.05, 0.1) is 11.6 Å². The van der Waals surface area contributed by atoms with Crippen molar-refractivity contribution in [2.75, 3.05) is 0 Å². The van der Waals surface area contributed by atoms with Crippen LogP contribution in [0.25, 0.3) is 0 Å². The minimum absolute atomic E-state index is 0.0307. The van der Waals surface area contributed by atoms with Gasteiger partial charge in [0, 0.05) is 12.0 Å². The summed E-state index contributed by atoms with van der Waals surface area (Å²) in [6.45, 7) is 0. The summed E-state index contributed by atoms with van der Waals surface area (Å²) >= 11 is 0. The Hall–Kier alpha value is -3.24. The van der Waals surface area contributed by atoms with Crippen molar-refractivity contribution < 1.29 is 14.7 Å². The topological polar surface area (TPSA) is 58.9 Å². The fourth-order valence-electron chi connectivity index (χ4n) is 3.58. The number of rotatable bonds is 6. The van der Waals surface area contributed by atoms with Gasteiger partial charge >= 0.3 is 0 Å². The second-order valence-corrected chi connectivity index (χ2v) is 6.85. The molecule has 0 aromatic heterocycles. The lowest BCUT2D eigenvalue weighted by molar-refractivity contribution is 0.0762. The van der Waals surface area contributed by atoms with E-state index in [9.17, 15) is 9.90 Å². The third-order valence-corrected chi connectivity index (χ3v) is 5.00. The number of Topliss-reactive ketones (excluding diaryl/α,β-unsaturated/α-hetero) is 1. The second-order valence-electron chi connectivity index (χ2n) is 6.85. The van der Waals surface area contributed by atoms with Gasteiger partial charge in [-0.25, -0.2) is 0 Å². The smallest absolute Gasteiger partial charge is 0.165 e. The molecule has 0 radical (unpaired) electrons. The average molecular weight is 371 g/mol. The molecule has 0 amide bonds. The zero-order chi connectivity index (χ0) is 19.3. The fraction of sp³-hybridized carbons (Fsp3) is 0.167. The van der Waals surface area contributed by atoms with Crippen molar-refractivity contribution in [2.45, 2.75) is 24.5 Å². The largest absolute Gasteiger partial charge is 0.387 e. The Bertz CT molecular complexity index is 955. The van der Waals surface area contributed by atoms with E-state index in [1.54, 1.807) is 12.1 Å². The first-order chi connectivity index (χ1) is 13.7. The predicted molar refractivity (Wildman–Crippen MR) is 108 cm³/mol. The number of oxime groups is 1. The SMILES string of the molecule is O=C(C[C@H](O)C1=NO[C@H](c2ccccc2)[C@H]1c1ccccc1)c1ccccc1. The molecule has 0 saturated heterocycles. The number of hydrogen-bond donors (Lipinski definition) is 1. The number of hydrogen-bond acceptors (Lipinski definition) is 4. The molecule has 0 aliphatic carbocycles. The summed E-state index contributed by atoms with van der Waals surface area (Å²) in [4.78, 5) is 18.3. The molecular formula is C24H21NO3. The number of aliphatic hydroxyl groups is 1. The van der Waals surface area contributed by atoms with E-state index < -0.39 is 6.10 Å². The lowest BCUT2D eigenvalue weighted by Crippen LogP contribution is -2.29. The van der Waals surface area contributed by atoms with E-state index in [4.69, 9.17) is 4.84 Å². The summed E-state index contributed by atoms with van der Waals surface area (Å²) < 4.78 is 0. The van der Waals surface area contributed by atoms with Crippen molar-refractivity contribution in [2.24, 2.45) is 5.16 Å². The summed E-state index contributed by atoms with van der Waals surface area (Å²) in [7, 11) is 0. The highest BCUT2D eigenvalue weighted by Gasteiger charge is 2.40. The Morgan fingerprint density at radius 1 is 0.857 bits per heavy atom. The first-order valence-electron chi connectivity index (χ1n) is 9.34. The van der Waals surface area contributed by atoms with Gasteiger partial charge in [-0.05, 0) is 11.1 Å². The van der Waals surface area contributed by atoms with Gasteiger partial charge in [0.1, 0.15) is 6.10 Å². The first kappa shape index (κ1) is 18.1. The van der Waals surface area contributed by atoms with Crippen LogP contribution in [0.15, 0.2) is 96.2 Å². The van der Waals surface area contributed by atoms with Gasteiger partial charge in [0.25, 0.3) is 0 Å². The van der Waals surface area contributed by atoms with Crippen LogP contribution < -0.4 is 0 Å². The van der Waals surface area contributed by atoms with Crippen LogP contribution in [0.4, 0.5) is 0 Å². The van der Waals surface area contributed by atoms with Gasteiger partial charge in [-0.15, -0.1) is 0 Å². The molecule has 28 heavy (non-hydrogen) atoms. The summed E-state index contributed by atoms with van der Waals surface area (Å²) in [5.74, 6) is -0.368. The molecule has 0 fully saturated rings. The molecule has 3 aromatic carbocycles. The standard InChI is InChI=1S/C24H21NO3/c26-20(17-10-4-1-5-11-17)16-21(27)23-22(18-12-6-2-7-13-18)24(28-25-23)19-14-8-3-9-15-19/h1-15,21-22,24,27H,16H2/t21-,22-,24+/m0/s1. The molecule has 4 rings (SSSR count). The Morgan fingerprint density at radius 3 is 2.00 bits per heavy atom. The molecule has 0 saturated carbocycles. The molecule has 3 atom stereocenters. The van der Waals surface area contributed by atoms with E-state index in [-0.39, 0.29) is 24.2 Å². The summed E-state index contributed by atoms with van der Waals surface area (Å²) in [5, 5.41) is 15.1. The summed E-state index contributed by atoms with van der Waals surface area (Å²) in [6.07, 6.45) is -1.37. The summed E-state index contributed by atoms with van der Waals surface area (Å²) in [5.41, 5.74) is 3.05. The average Bonchev–Trinajstić information content (AvgIpc) is 3.21. The summed E-state index contributed by atoms with van der Waals surface area (Å²) in [6, 6.07) is 28.7. The van der Waals surface area contributed by atoms with E-state index >= 15 is 0 Å².